The molecular weight excluding hydrogens is 342 g/mol. The van der Waals surface area contributed by atoms with E-state index in [2.05, 4.69) is 52.8 Å². The summed E-state index contributed by atoms with van der Waals surface area (Å²) in [5.74, 6) is 0.693. The lowest BCUT2D eigenvalue weighted by atomic mass is 9.93. The van der Waals surface area contributed by atoms with Crippen molar-refractivity contribution < 1.29 is 4.79 Å². The third-order valence-electron chi connectivity index (χ3n) is 5.13. The van der Waals surface area contributed by atoms with E-state index in [4.69, 9.17) is 0 Å². The summed E-state index contributed by atoms with van der Waals surface area (Å²) in [6.45, 7) is 3.75. The average molecular weight is 366 g/mol. The fraction of sp³-hybridized carbons (Fsp3) is 0.333. The van der Waals surface area contributed by atoms with Crippen molar-refractivity contribution in [2.45, 2.75) is 32.1 Å². The first-order chi connectivity index (χ1) is 12.7. The second kappa shape index (κ2) is 7.46. The Morgan fingerprint density at radius 2 is 2.12 bits per heavy atom. The summed E-state index contributed by atoms with van der Waals surface area (Å²) in [6.07, 6.45) is 2.51. The second-order valence-corrected chi connectivity index (χ2v) is 7.82. The lowest BCUT2D eigenvalue weighted by Crippen LogP contribution is -2.38. The molecule has 1 saturated heterocycles. The molecule has 2 aromatic heterocycles. The van der Waals surface area contributed by atoms with Crippen molar-refractivity contribution in [3.63, 3.8) is 0 Å². The number of aromatic amines is 1. The predicted octanol–water partition coefficient (Wildman–Crippen LogP) is 4.40. The predicted molar refractivity (Wildman–Crippen MR) is 105 cm³/mol. The molecule has 4 rings (SSSR count). The molecule has 1 aliphatic heterocycles. The molecule has 5 heteroatoms. The molecular formula is C21H23N3OS. The van der Waals surface area contributed by atoms with Crippen molar-refractivity contribution in [2.24, 2.45) is 0 Å². The number of hydrogen-bond donors (Lipinski definition) is 1. The smallest absolute Gasteiger partial charge is 0.227 e. The standard InChI is InChI=1S/C21H23N3OS/c1-15-3-2-4-18(11-15)20-13-19(22-23-20)17-5-8-24(9-6-17)21(25)12-16-7-10-26-14-16/h2-4,7,10-11,13-14,17H,5-6,8-9,12H2,1H3,(H,22,23). The molecule has 0 bridgehead atoms. The van der Waals surface area contributed by atoms with Crippen LogP contribution >= 0.6 is 11.3 Å². The molecule has 3 aromatic rings. The van der Waals surface area contributed by atoms with Gasteiger partial charge in [0.1, 0.15) is 0 Å². The fourth-order valence-corrected chi connectivity index (χ4v) is 4.29. The first-order valence-corrected chi connectivity index (χ1v) is 10.0. The highest BCUT2D eigenvalue weighted by atomic mass is 32.1. The molecule has 0 saturated carbocycles. The van der Waals surface area contributed by atoms with Gasteiger partial charge in [-0.05, 0) is 54.3 Å². The van der Waals surface area contributed by atoms with Crippen LogP contribution in [0.1, 0.15) is 35.6 Å². The third kappa shape index (κ3) is 3.73. The molecule has 134 valence electrons. The van der Waals surface area contributed by atoms with Gasteiger partial charge in [0.25, 0.3) is 0 Å². The lowest BCUT2D eigenvalue weighted by molar-refractivity contribution is -0.131. The van der Waals surface area contributed by atoms with Crippen LogP contribution in [0.4, 0.5) is 0 Å². The minimum Gasteiger partial charge on any atom is -0.342 e. The topological polar surface area (TPSA) is 49.0 Å². The Labute approximate surface area is 157 Å². The first-order valence-electron chi connectivity index (χ1n) is 9.10. The molecule has 0 aliphatic carbocycles. The van der Waals surface area contributed by atoms with E-state index < -0.39 is 0 Å². The zero-order valence-corrected chi connectivity index (χ0v) is 15.8. The number of thiophene rings is 1. The van der Waals surface area contributed by atoms with Crippen LogP contribution in [0.5, 0.6) is 0 Å². The van der Waals surface area contributed by atoms with Gasteiger partial charge in [0, 0.05) is 30.3 Å². The number of aromatic nitrogens is 2. The molecule has 0 radical (unpaired) electrons. The summed E-state index contributed by atoms with van der Waals surface area (Å²) in [5.41, 5.74) is 5.70. The highest BCUT2D eigenvalue weighted by Gasteiger charge is 2.25. The van der Waals surface area contributed by atoms with Crippen molar-refractivity contribution in [1.82, 2.24) is 15.1 Å². The van der Waals surface area contributed by atoms with Gasteiger partial charge in [0.15, 0.2) is 0 Å². The van der Waals surface area contributed by atoms with Crippen LogP contribution in [0.25, 0.3) is 11.3 Å². The average Bonchev–Trinajstić information content (AvgIpc) is 3.34. The molecule has 1 aliphatic rings. The van der Waals surface area contributed by atoms with Gasteiger partial charge in [-0.15, -0.1) is 0 Å². The van der Waals surface area contributed by atoms with Crippen LogP contribution in [-0.4, -0.2) is 34.1 Å². The molecule has 0 unspecified atom stereocenters. The number of nitrogens with zero attached hydrogens (tertiary/aromatic N) is 2. The highest BCUT2D eigenvalue weighted by molar-refractivity contribution is 7.08. The summed E-state index contributed by atoms with van der Waals surface area (Å²) >= 11 is 1.65. The van der Waals surface area contributed by atoms with Crippen LogP contribution in [-0.2, 0) is 11.2 Å². The molecule has 1 N–H and O–H groups in total. The van der Waals surface area contributed by atoms with Crippen LogP contribution in [0.15, 0.2) is 47.2 Å². The van der Waals surface area contributed by atoms with E-state index in [0.717, 1.165) is 42.8 Å². The van der Waals surface area contributed by atoms with Crippen LogP contribution in [0, 0.1) is 6.92 Å². The molecule has 4 nitrogen and oxygen atoms in total. The fourth-order valence-electron chi connectivity index (χ4n) is 3.62. The van der Waals surface area contributed by atoms with Crippen LogP contribution < -0.4 is 0 Å². The quantitative estimate of drug-likeness (QED) is 0.745. The maximum atomic E-state index is 12.4. The first kappa shape index (κ1) is 17.0. The summed E-state index contributed by atoms with van der Waals surface area (Å²) in [4.78, 5) is 14.4. The van der Waals surface area contributed by atoms with Crippen molar-refractivity contribution in [1.29, 1.82) is 0 Å². The highest BCUT2D eigenvalue weighted by Crippen LogP contribution is 2.29. The minimum absolute atomic E-state index is 0.243. The Kier molecular flexibility index (Phi) is 4.89. The molecule has 26 heavy (non-hydrogen) atoms. The Hall–Kier alpha value is -2.40. The molecule has 3 heterocycles. The van der Waals surface area contributed by atoms with Gasteiger partial charge in [-0.1, -0.05) is 23.8 Å². The van der Waals surface area contributed by atoms with E-state index in [-0.39, 0.29) is 5.91 Å². The van der Waals surface area contributed by atoms with Crippen LogP contribution in [0.3, 0.4) is 0 Å². The number of likely N-dealkylation sites (tertiary alicyclic amines) is 1. The minimum atomic E-state index is 0.243. The van der Waals surface area contributed by atoms with E-state index in [1.807, 2.05) is 16.3 Å². The second-order valence-electron chi connectivity index (χ2n) is 7.04. The van der Waals surface area contributed by atoms with E-state index in [9.17, 15) is 4.79 Å². The van der Waals surface area contributed by atoms with Crippen LogP contribution in [0.2, 0.25) is 0 Å². The number of benzene rings is 1. The number of hydrogen-bond acceptors (Lipinski definition) is 3. The van der Waals surface area contributed by atoms with Gasteiger partial charge in [-0.2, -0.15) is 16.4 Å². The number of piperidine rings is 1. The summed E-state index contributed by atoms with van der Waals surface area (Å²) < 4.78 is 0. The Morgan fingerprint density at radius 1 is 1.27 bits per heavy atom. The van der Waals surface area contributed by atoms with Gasteiger partial charge < -0.3 is 4.90 Å². The number of carbonyl (C=O) groups excluding carboxylic acids is 1. The van der Waals surface area contributed by atoms with E-state index in [1.165, 1.54) is 11.3 Å². The number of nitrogens with one attached hydrogen (secondary N) is 1. The van der Waals surface area contributed by atoms with Gasteiger partial charge >= 0.3 is 0 Å². The van der Waals surface area contributed by atoms with Crippen molar-refractivity contribution in [2.75, 3.05) is 13.1 Å². The Morgan fingerprint density at radius 3 is 2.85 bits per heavy atom. The normalized spacial score (nSPS) is 15.3. The number of amides is 1. The summed E-state index contributed by atoms with van der Waals surface area (Å²) in [6, 6.07) is 12.6. The number of H-pyrrole nitrogens is 1. The van der Waals surface area contributed by atoms with Gasteiger partial charge in [0.05, 0.1) is 12.1 Å². The number of aryl methyl sites for hydroxylation is 1. The van der Waals surface area contributed by atoms with Gasteiger partial charge in [0.2, 0.25) is 5.91 Å². The monoisotopic (exact) mass is 365 g/mol. The molecule has 0 atom stereocenters. The summed E-state index contributed by atoms with van der Waals surface area (Å²) in [5, 5.41) is 11.8. The molecule has 1 fully saturated rings. The van der Waals surface area contributed by atoms with Crippen molar-refractivity contribution in [3.8, 4) is 11.3 Å². The SMILES string of the molecule is Cc1cccc(-c2cc(C3CCN(C(=O)Cc4ccsc4)CC3)[nH]n2)c1. The van der Waals surface area contributed by atoms with Gasteiger partial charge in [-0.3, -0.25) is 9.89 Å². The number of carbonyl (C=O) groups is 1. The maximum absolute atomic E-state index is 12.4. The van der Waals surface area contributed by atoms with E-state index >= 15 is 0 Å². The maximum Gasteiger partial charge on any atom is 0.227 e. The van der Waals surface area contributed by atoms with E-state index in [0.29, 0.717) is 12.3 Å². The van der Waals surface area contributed by atoms with Crippen molar-refractivity contribution >= 4 is 17.2 Å². The lowest BCUT2D eigenvalue weighted by Gasteiger charge is -2.31. The summed E-state index contributed by atoms with van der Waals surface area (Å²) in [7, 11) is 0. The number of rotatable bonds is 4. The van der Waals surface area contributed by atoms with E-state index in [1.54, 1.807) is 11.3 Å². The van der Waals surface area contributed by atoms with Gasteiger partial charge in [-0.25, -0.2) is 0 Å². The van der Waals surface area contributed by atoms with Crippen molar-refractivity contribution in [3.05, 3.63) is 64.0 Å². The molecule has 0 spiro atoms. The Bertz CT molecular complexity index is 876. The molecule has 1 aromatic carbocycles. The Balaban J connectivity index is 1.37. The zero-order chi connectivity index (χ0) is 17.9. The third-order valence-corrected chi connectivity index (χ3v) is 5.87. The largest absolute Gasteiger partial charge is 0.342 e. The zero-order valence-electron chi connectivity index (χ0n) is 14.9. The molecule has 1 amide bonds.